The predicted molar refractivity (Wildman–Crippen MR) is 120 cm³/mol. The largest absolute Gasteiger partial charge is 0.482 e. The molecule has 168 valence electrons. The summed E-state index contributed by atoms with van der Waals surface area (Å²) in [6.07, 6.45) is 4.10. The van der Waals surface area contributed by atoms with E-state index in [-0.39, 0.29) is 11.3 Å². The maximum Gasteiger partial charge on any atom is 0.269 e. The van der Waals surface area contributed by atoms with E-state index in [4.69, 9.17) is 10.5 Å². The molecule has 0 atom stereocenters. The number of ketones is 1. The van der Waals surface area contributed by atoms with Gasteiger partial charge in [0.2, 0.25) is 0 Å². The fraction of sp³-hybridized carbons (Fsp3) is 0.240. The summed E-state index contributed by atoms with van der Waals surface area (Å²) in [4.78, 5) is 26.9. The average Bonchev–Trinajstić information content (AvgIpc) is 3.22. The van der Waals surface area contributed by atoms with E-state index in [1.54, 1.807) is 4.90 Å². The Morgan fingerprint density at radius 3 is 2.55 bits per heavy atom. The van der Waals surface area contributed by atoms with Gasteiger partial charge in [-0.3, -0.25) is 14.3 Å². The molecular formula is C25H23FN4O3. The number of halogens is 1. The van der Waals surface area contributed by atoms with Gasteiger partial charge in [-0.25, -0.2) is 4.39 Å². The maximum atomic E-state index is 13.1. The first kappa shape index (κ1) is 20.9. The Balaban J connectivity index is 1.33. The standard InChI is InChI=1S/C25H23FN4O3/c1-29-23-18-4-2-3-5-22(18)33-25(19(23)15-28-29)10-12-30(13-11-25)24(32)20(27)14-21(31)16-6-8-17(26)9-7-16/h2-9,14-15H,10-13,27H2,1H3/b20-14-. The van der Waals surface area contributed by atoms with Crippen molar-refractivity contribution < 1.29 is 18.7 Å². The van der Waals surface area contributed by atoms with E-state index < -0.39 is 23.1 Å². The molecule has 0 unspecified atom stereocenters. The summed E-state index contributed by atoms with van der Waals surface area (Å²) < 4.78 is 21.4. The fourth-order valence-corrected chi connectivity index (χ4v) is 4.63. The van der Waals surface area contributed by atoms with Crippen molar-refractivity contribution in [2.75, 3.05) is 13.1 Å². The minimum absolute atomic E-state index is 0.141. The lowest BCUT2D eigenvalue weighted by atomic mass is 9.81. The molecule has 1 fully saturated rings. The summed E-state index contributed by atoms with van der Waals surface area (Å²) >= 11 is 0. The number of fused-ring (bicyclic) bond motifs is 4. The SMILES string of the molecule is Cn1ncc2c1-c1ccccc1OC21CCN(C(=O)/C(N)=C/C(=O)c2ccc(F)cc2)CC1. The maximum absolute atomic E-state index is 13.1. The third kappa shape index (κ3) is 3.57. The van der Waals surface area contributed by atoms with Crippen LogP contribution in [0.3, 0.4) is 0 Å². The van der Waals surface area contributed by atoms with Crippen molar-refractivity contribution in [2.24, 2.45) is 12.8 Å². The highest BCUT2D eigenvalue weighted by molar-refractivity contribution is 6.09. The highest BCUT2D eigenvalue weighted by atomic mass is 19.1. The van der Waals surface area contributed by atoms with Crippen LogP contribution in [0, 0.1) is 5.82 Å². The molecule has 1 spiro atoms. The van der Waals surface area contributed by atoms with Crippen LogP contribution in [0.25, 0.3) is 11.3 Å². The number of aromatic nitrogens is 2. The van der Waals surface area contributed by atoms with Gasteiger partial charge in [-0.15, -0.1) is 0 Å². The topological polar surface area (TPSA) is 90.4 Å². The summed E-state index contributed by atoms with van der Waals surface area (Å²) in [6, 6.07) is 13.0. The minimum atomic E-state index is -0.572. The van der Waals surface area contributed by atoms with E-state index in [1.165, 1.54) is 24.3 Å². The van der Waals surface area contributed by atoms with Gasteiger partial charge in [0.05, 0.1) is 11.9 Å². The number of ether oxygens (including phenoxy) is 1. The summed E-state index contributed by atoms with van der Waals surface area (Å²) in [6.45, 7) is 0.850. The Bertz CT molecular complexity index is 1270. The van der Waals surface area contributed by atoms with Crippen molar-refractivity contribution in [1.82, 2.24) is 14.7 Å². The van der Waals surface area contributed by atoms with Crippen molar-refractivity contribution >= 4 is 11.7 Å². The summed E-state index contributed by atoms with van der Waals surface area (Å²) in [5, 5.41) is 4.46. The second-order valence-electron chi connectivity index (χ2n) is 8.39. The summed E-state index contributed by atoms with van der Waals surface area (Å²) in [5.41, 5.74) is 8.56. The Labute approximate surface area is 190 Å². The van der Waals surface area contributed by atoms with E-state index >= 15 is 0 Å². The molecule has 0 aliphatic carbocycles. The number of carbonyl (C=O) groups excluding carboxylic acids is 2. The fourth-order valence-electron chi connectivity index (χ4n) is 4.63. The molecule has 0 saturated carbocycles. The van der Waals surface area contributed by atoms with Gasteiger partial charge in [0.1, 0.15) is 22.9 Å². The molecule has 3 heterocycles. The quantitative estimate of drug-likeness (QED) is 0.493. The van der Waals surface area contributed by atoms with Gasteiger partial charge in [0, 0.05) is 55.7 Å². The van der Waals surface area contributed by atoms with Gasteiger partial charge in [-0.05, 0) is 36.4 Å². The molecule has 3 aromatic rings. The zero-order valence-corrected chi connectivity index (χ0v) is 18.1. The number of amides is 1. The monoisotopic (exact) mass is 446 g/mol. The van der Waals surface area contributed by atoms with Gasteiger partial charge in [-0.1, -0.05) is 12.1 Å². The Morgan fingerprint density at radius 2 is 1.82 bits per heavy atom. The minimum Gasteiger partial charge on any atom is -0.482 e. The molecule has 8 heteroatoms. The number of likely N-dealkylation sites (tertiary alicyclic amines) is 1. The number of benzene rings is 2. The van der Waals surface area contributed by atoms with Crippen molar-refractivity contribution in [2.45, 2.75) is 18.4 Å². The van der Waals surface area contributed by atoms with Gasteiger partial charge in [0.15, 0.2) is 5.78 Å². The van der Waals surface area contributed by atoms with Crippen LogP contribution in [0.2, 0.25) is 0 Å². The number of aryl methyl sites for hydroxylation is 1. The zero-order chi connectivity index (χ0) is 23.2. The summed E-state index contributed by atoms with van der Waals surface area (Å²) in [5.74, 6) is -0.478. The molecule has 33 heavy (non-hydrogen) atoms. The van der Waals surface area contributed by atoms with Gasteiger partial charge in [0.25, 0.3) is 5.91 Å². The molecule has 1 saturated heterocycles. The first-order valence-electron chi connectivity index (χ1n) is 10.8. The normalized spacial score (nSPS) is 16.7. The molecule has 2 aliphatic rings. The lowest BCUT2D eigenvalue weighted by molar-refractivity contribution is -0.131. The zero-order valence-electron chi connectivity index (χ0n) is 18.1. The molecule has 7 nitrogen and oxygen atoms in total. The predicted octanol–water partition coefficient (Wildman–Crippen LogP) is 3.16. The van der Waals surface area contributed by atoms with E-state index in [1.807, 2.05) is 42.2 Å². The highest BCUT2D eigenvalue weighted by Crippen LogP contribution is 2.49. The first-order valence-corrected chi connectivity index (χ1v) is 10.8. The van der Waals surface area contributed by atoms with Crippen LogP contribution in [0.4, 0.5) is 4.39 Å². The van der Waals surface area contributed by atoms with Crippen LogP contribution in [-0.2, 0) is 17.4 Å². The number of hydrogen-bond donors (Lipinski definition) is 1. The number of para-hydroxylation sites is 1. The van der Waals surface area contributed by atoms with Gasteiger partial charge in [-0.2, -0.15) is 5.10 Å². The van der Waals surface area contributed by atoms with Crippen LogP contribution in [0.5, 0.6) is 5.75 Å². The second kappa shape index (κ2) is 7.88. The molecular weight excluding hydrogens is 423 g/mol. The number of carbonyl (C=O) groups is 2. The van der Waals surface area contributed by atoms with Crippen LogP contribution < -0.4 is 10.5 Å². The summed E-state index contributed by atoms with van der Waals surface area (Å²) in [7, 11) is 1.91. The molecule has 2 N–H and O–H groups in total. The third-order valence-electron chi connectivity index (χ3n) is 6.40. The molecule has 0 bridgehead atoms. The number of nitrogens with two attached hydrogens (primary N) is 1. The van der Waals surface area contributed by atoms with Crippen molar-refractivity contribution in [3.8, 4) is 17.0 Å². The van der Waals surface area contributed by atoms with E-state index in [0.717, 1.165) is 28.6 Å². The molecule has 0 radical (unpaired) electrons. The number of rotatable bonds is 3. The lowest BCUT2D eigenvalue weighted by Crippen LogP contribution is -2.49. The third-order valence-corrected chi connectivity index (χ3v) is 6.40. The lowest BCUT2D eigenvalue weighted by Gasteiger charge is -2.44. The molecule has 1 aromatic heterocycles. The average molecular weight is 446 g/mol. The smallest absolute Gasteiger partial charge is 0.269 e. The Kier molecular flexibility index (Phi) is 5.00. The van der Waals surface area contributed by atoms with Crippen LogP contribution >= 0.6 is 0 Å². The van der Waals surface area contributed by atoms with Crippen molar-refractivity contribution in [3.05, 3.63) is 83.4 Å². The van der Waals surface area contributed by atoms with E-state index in [9.17, 15) is 14.0 Å². The second-order valence-corrected chi connectivity index (χ2v) is 8.39. The highest BCUT2D eigenvalue weighted by Gasteiger charge is 2.45. The number of hydrogen-bond acceptors (Lipinski definition) is 5. The van der Waals surface area contributed by atoms with Crippen molar-refractivity contribution in [3.63, 3.8) is 0 Å². The van der Waals surface area contributed by atoms with Crippen molar-refractivity contribution in [1.29, 1.82) is 0 Å². The molecule has 2 aromatic carbocycles. The van der Waals surface area contributed by atoms with E-state index in [2.05, 4.69) is 5.10 Å². The Hall–Kier alpha value is -3.94. The number of allylic oxidation sites excluding steroid dienone is 1. The molecule has 5 rings (SSSR count). The van der Waals surface area contributed by atoms with Crippen LogP contribution in [-0.4, -0.2) is 39.5 Å². The van der Waals surface area contributed by atoms with Gasteiger partial charge < -0.3 is 15.4 Å². The van der Waals surface area contributed by atoms with Crippen LogP contribution in [0.1, 0.15) is 28.8 Å². The first-order chi connectivity index (χ1) is 15.9. The van der Waals surface area contributed by atoms with Gasteiger partial charge >= 0.3 is 0 Å². The van der Waals surface area contributed by atoms with E-state index in [0.29, 0.717) is 25.9 Å². The van der Waals surface area contributed by atoms with Crippen LogP contribution in [0.15, 0.2) is 66.5 Å². The molecule has 2 aliphatic heterocycles. The Morgan fingerprint density at radius 1 is 1.12 bits per heavy atom. The number of piperidine rings is 1. The number of nitrogens with zero attached hydrogens (tertiary/aromatic N) is 3. The molecule has 1 amide bonds.